The smallest absolute Gasteiger partial charge is 0.339 e. The molecule has 4 heteroatoms. The predicted octanol–water partition coefficient (Wildman–Crippen LogP) is 2.55. The zero-order chi connectivity index (χ0) is 13.8. The highest BCUT2D eigenvalue weighted by Crippen LogP contribution is 2.35. The Kier molecular flexibility index (Phi) is 3.82. The molecule has 0 saturated heterocycles. The van der Waals surface area contributed by atoms with Crippen LogP contribution in [0.4, 0.5) is 0 Å². The van der Waals surface area contributed by atoms with E-state index in [4.69, 9.17) is 9.84 Å². The number of carbonyl (C=O) groups is 1. The first-order chi connectivity index (χ1) is 9.19. The number of carboxylic acids is 1. The molecule has 0 aliphatic carbocycles. The molecule has 0 fully saturated rings. The highest BCUT2D eigenvalue weighted by atomic mass is 16.5. The van der Waals surface area contributed by atoms with Crippen molar-refractivity contribution < 1.29 is 19.7 Å². The monoisotopic (exact) mass is 258 g/mol. The van der Waals surface area contributed by atoms with Gasteiger partial charge in [0.15, 0.2) is 0 Å². The zero-order valence-corrected chi connectivity index (χ0v) is 10.5. The lowest BCUT2D eigenvalue weighted by Crippen LogP contribution is -2.02. The maximum atomic E-state index is 11.2. The van der Waals surface area contributed by atoms with Crippen LogP contribution in [0.5, 0.6) is 5.75 Å². The molecule has 4 nitrogen and oxygen atoms in total. The van der Waals surface area contributed by atoms with Crippen molar-refractivity contribution >= 4 is 5.97 Å². The maximum absolute atomic E-state index is 11.2. The Morgan fingerprint density at radius 3 is 2.42 bits per heavy atom. The minimum Gasteiger partial charge on any atom is -0.495 e. The fourth-order valence-corrected chi connectivity index (χ4v) is 2.06. The van der Waals surface area contributed by atoms with Crippen molar-refractivity contribution in [3.05, 3.63) is 53.6 Å². The number of rotatable bonds is 4. The van der Waals surface area contributed by atoms with Crippen molar-refractivity contribution in [1.29, 1.82) is 0 Å². The molecule has 0 aliphatic rings. The molecule has 0 aromatic heterocycles. The second kappa shape index (κ2) is 5.54. The van der Waals surface area contributed by atoms with E-state index >= 15 is 0 Å². The molecule has 0 spiro atoms. The number of ether oxygens (including phenoxy) is 1. The third-order valence-corrected chi connectivity index (χ3v) is 2.93. The summed E-state index contributed by atoms with van der Waals surface area (Å²) in [7, 11) is 1.44. The Bertz CT molecular complexity index is 605. The van der Waals surface area contributed by atoms with Crippen LogP contribution < -0.4 is 4.74 Å². The van der Waals surface area contributed by atoms with Crippen LogP contribution in [0.1, 0.15) is 15.9 Å². The maximum Gasteiger partial charge on any atom is 0.339 e. The van der Waals surface area contributed by atoms with E-state index in [0.717, 1.165) is 11.1 Å². The third-order valence-electron chi connectivity index (χ3n) is 2.93. The average molecular weight is 258 g/mol. The highest BCUT2D eigenvalue weighted by molar-refractivity contribution is 5.94. The molecule has 2 aromatic rings. The van der Waals surface area contributed by atoms with Crippen LogP contribution in [0, 0.1) is 0 Å². The normalized spacial score (nSPS) is 10.2. The van der Waals surface area contributed by atoms with Gasteiger partial charge < -0.3 is 14.9 Å². The molecule has 19 heavy (non-hydrogen) atoms. The first-order valence-corrected chi connectivity index (χ1v) is 5.78. The lowest BCUT2D eigenvalue weighted by molar-refractivity contribution is 0.0693. The zero-order valence-electron chi connectivity index (χ0n) is 10.5. The van der Waals surface area contributed by atoms with Crippen molar-refractivity contribution in [2.24, 2.45) is 0 Å². The van der Waals surface area contributed by atoms with E-state index in [0.29, 0.717) is 11.3 Å². The van der Waals surface area contributed by atoms with E-state index in [-0.39, 0.29) is 12.2 Å². The van der Waals surface area contributed by atoms with E-state index in [9.17, 15) is 9.90 Å². The molecule has 0 unspecified atom stereocenters. The van der Waals surface area contributed by atoms with Crippen LogP contribution in [0.3, 0.4) is 0 Å². The van der Waals surface area contributed by atoms with Gasteiger partial charge in [-0.25, -0.2) is 4.79 Å². The van der Waals surface area contributed by atoms with Crippen molar-refractivity contribution in [2.45, 2.75) is 6.61 Å². The third kappa shape index (κ3) is 2.44. The summed E-state index contributed by atoms with van der Waals surface area (Å²) in [5.74, 6) is -0.740. The van der Waals surface area contributed by atoms with Crippen LogP contribution in [0.15, 0.2) is 42.5 Å². The number of carboxylic acid groups (broad SMARTS) is 1. The molecule has 2 aromatic carbocycles. The summed E-state index contributed by atoms with van der Waals surface area (Å²) < 4.78 is 5.23. The molecule has 2 N–H and O–H groups in total. The van der Waals surface area contributed by atoms with Gasteiger partial charge in [-0.2, -0.15) is 0 Å². The molecule has 2 rings (SSSR count). The fourth-order valence-electron chi connectivity index (χ4n) is 2.06. The van der Waals surface area contributed by atoms with E-state index in [1.165, 1.54) is 13.2 Å². The van der Waals surface area contributed by atoms with Crippen molar-refractivity contribution in [3.8, 4) is 16.9 Å². The molecular formula is C15H14O4. The van der Waals surface area contributed by atoms with Crippen molar-refractivity contribution in [1.82, 2.24) is 0 Å². The Hall–Kier alpha value is -2.33. The number of aromatic carboxylic acids is 1. The molecule has 0 amide bonds. The van der Waals surface area contributed by atoms with Crippen molar-refractivity contribution in [3.63, 3.8) is 0 Å². The van der Waals surface area contributed by atoms with Gasteiger partial charge in [0, 0.05) is 5.56 Å². The molecular weight excluding hydrogens is 244 g/mol. The summed E-state index contributed by atoms with van der Waals surface area (Å²) >= 11 is 0. The second-order valence-electron chi connectivity index (χ2n) is 4.01. The minimum absolute atomic E-state index is 0.104. The van der Waals surface area contributed by atoms with Gasteiger partial charge in [0.1, 0.15) is 11.3 Å². The summed E-state index contributed by atoms with van der Waals surface area (Å²) in [5, 5.41) is 18.5. The van der Waals surface area contributed by atoms with Gasteiger partial charge in [0.25, 0.3) is 0 Å². The minimum atomic E-state index is -1.04. The van der Waals surface area contributed by atoms with E-state index in [2.05, 4.69) is 0 Å². The molecule has 0 heterocycles. The number of hydrogen-bond acceptors (Lipinski definition) is 3. The Labute approximate surface area is 110 Å². The van der Waals surface area contributed by atoms with Crippen molar-refractivity contribution in [2.75, 3.05) is 7.11 Å². The van der Waals surface area contributed by atoms with Crippen LogP contribution in [-0.2, 0) is 6.61 Å². The Morgan fingerprint density at radius 1 is 1.11 bits per heavy atom. The number of methoxy groups -OCH3 is 1. The number of para-hydroxylation sites is 1. The summed E-state index contributed by atoms with van der Waals surface area (Å²) in [6.07, 6.45) is 0. The van der Waals surface area contributed by atoms with Crippen LogP contribution in [-0.4, -0.2) is 23.3 Å². The van der Waals surface area contributed by atoms with Crippen LogP contribution in [0.25, 0.3) is 11.1 Å². The van der Waals surface area contributed by atoms with Gasteiger partial charge >= 0.3 is 5.97 Å². The second-order valence-corrected chi connectivity index (χ2v) is 4.01. The van der Waals surface area contributed by atoms with E-state index < -0.39 is 5.97 Å². The highest BCUT2D eigenvalue weighted by Gasteiger charge is 2.17. The number of benzene rings is 2. The summed E-state index contributed by atoms with van der Waals surface area (Å²) in [6, 6.07) is 12.2. The summed E-state index contributed by atoms with van der Waals surface area (Å²) in [4.78, 5) is 11.2. The Morgan fingerprint density at radius 2 is 1.79 bits per heavy atom. The van der Waals surface area contributed by atoms with Crippen LogP contribution >= 0.6 is 0 Å². The molecule has 0 saturated carbocycles. The van der Waals surface area contributed by atoms with Gasteiger partial charge in [-0.1, -0.05) is 36.4 Å². The number of hydrogen-bond donors (Lipinski definition) is 2. The molecule has 0 radical (unpaired) electrons. The lowest BCUT2D eigenvalue weighted by Gasteiger charge is -2.13. The largest absolute Gasteiger partial charge is 0.495 e. The van der Waals surface area contributed by atoms with Gasteiger partial charge in [0.05, 0.1) is 13.7 Å². The quantitative estimate of drug-likeness (QED) is 0.884. The number of aliphatic hydroxyl groups excluding tert-OH is 1. The SMILES string of the molecule is COc1c(C(=O)O)cccc1-c1ccccc1CO. The van der Waals surface area contributed by atoms with E-state index in [1.54, 1.807) is 18.2 Å². The average Bonchev–Trinajstić information content (AvgIpc) is 2.46. The van der Waals surface area contributed by atoms with Gasteiger partial charge in [-0.15, -0.1) is 0 Å². The molecule has 0 atom stereocenters. The van der Waals surface area contributed by atoms with Crippen LogP contribution in [0.2, 0.25) is 0 Å². The first-order valence-electron chi connectivity index (χ1n) is 5.78. The summed E-state index contributed by atoms with van der Waals surface area (Å²) in [6.45, 7) is -0.114. The molecule has 0 aliphatic heterocycles. The van der Waals surface area contributed by atoms with Gasteiger partial charge in [-0.05, 0) is 17.2 Å². The topological polar surface area (TPSA) is 66.8 Å². The van der Waals surface area contributed by atoms with E-state index in [1.807, 2.05) is 18.2 Å². The predicted molar refractivity (Wildman–Crippen MR) is 71.3 cm³/mol. The summed E-state index contributed by atoms with van der Waals surface area (Å²) in [5.41, 5.74) is 2.26. The first kappa shape index (κ1) is 13.1. The molecule has 0 bridgehead atoms. The standard InChI is InChI=1S/C15H14O4/c1-19-14-12(7-4-8-13(14)15(17)18)11-6-3-2-5-10(11)9-16/h2-8,16H,9H2,1H3,(H,17,18). The number of aliphatic hydroxyl groups is 1. The molecule has 98 valence electrons. The Balaban J connectivity index is 2.68. The fraction of sp³-hybridized carbons (Fsp3) is 0.133. The van der Waals surface area contributed by atoms with Gasteiger partial charge in [-0.3, -0.25) is 0 Å². The van der Waals surface area contributed by atoms with Gasteiger partial charge in [0.2, 0.25) is 0 Å². The lowest BCUT2D eigenvalue weighted by atomic mass is 9.97.